The van der Waals surface area contributed by atoms with Gasteiger partial charge in [0, 0.05) is 17.7 Å². The smallest absolute Gasteiger partial charge is 0.269 e. The largest absolute Gasteiger partial charge is 0.462 e. The lowest BCUT2D eigenvalue weighted by atomic mass is 9.98. The fraction of sp³-hybridized carbons (Fsp3) is 0.368. The molecule has 2 aliphatic heterocycles. The summed E-state index contributed by atoms with van der Waals surface area (Å²) in [6.45, 7) is 0.147. The van der Waals surface area contributed by atoms with Gasteiger partial charge >= 0.3 is 0 Å². The molecular weight excluding hydrogens is 370 g/mol. The summed E-state index contributed by atoms with van der Waals surface area (Å²) < 4.78 is 22.8. The van der Waals surface area contributed by atoms with Gasteiger partial charge in [-0.05, 0) is 12.1 Å². The number of benzene rings is 2. The Morgan fingerprint density at radius 1 is 1.00 bits per heavy atom. The van der Waals surface area contributed by atoms with Crippen molar-refractivity contribution in [3.05, 3.63) is 70.3 Å². The average molecular weight is 389 g/mol. The van der Waals surface area contributed by atoms with Gasteiger partial charge in [0.15, 0.2) is 6.29 Å². The molecule has 2 saturated heterocycles. The maximum Gasteiger partial charge on any atom is 0.269 e. The van der Waals surface area contributed by atoms with Crippen LogP contribution in [0.4, 0.5) is 5.69 Å². The molecule has 0 spiro atoms. The molecule has 0 radical (unpaired) electrons. The number of rotatable bonds is 4. The number of hydrogen-bond donors (Lipinski definition) is 2. The molecular formula is C19H19NO8. The van der Waals surface area contributed by atoms with Crippen LogP contribution >= 0.6 is 0 Å². The SMILES string of the molecule is O=[N+]([O-])c1ccc(O[C@H]2O[C@@H]3COC(c4ccccc4)O[C@H]3[C@H](O)[C@H]2O)cc1. The summed E-state index contributed by atoms with van der Waals surface area (Å²) in [5, 5.41) is 31.7. The molecule has 0 aromatic heterocycles. The van der Waals surface area contributed by atoms with E-state index in [1.807, 2.05) is 30.3 Å². The molecule has 9 heteroatoms. The van der Waals surface area contributed by atoms with Gasteiger partial charge in [0.1, 0.15) is 30.2 Å². The third kappa shape index (κ3) is 3.71. The molecule has 2 fully saturated rings. The lowest BCUT2D eigenvalue weighted by molar-refractivity contribution is -0.384. The Morgan fingerprint density at radius 2 is 1.71 bits per heavy atom. The first-order chi connectivity index (χ1) is 13.5. The van der Waals surface area contributed by atoms with Crippen LogP contribution in [-0.4, -0.2) is 52.4 Å². The van der Waals surface area contributed by atoms with Crippen LogP contribution in [-0.2, 0) is 14.2 Å². The van der Waals surface area contributed by atoms with Gasteiger partial charge in [-0.25, -0.2) is 0 Å². The summed E-state index contributed by atoms with van der Waals surface area (Å²) in [5.74, 6) is 0.264. The number of nitro groups is 1. The third-order valence-electron chi connectivity index (χ3n) is 4.70. The van der Waals surface area contributed by atoms with E-state index in [1.165, 1.54) is 24.3 Å². The predicted octanol–water partition coefficient (Wildman–Crippen LogP) is 1.53. The van der Waals surface area contributed by atoms with Crippen molar-refractivity contribution in [1.82, 2.24) is 0 Å². The van der Waals surface area contributed by atoms with Gasteiger partial charge in [0.25, 0.3) is 5.69 Å². The fourth-order valence-electron chi connectivity index (χ4n) is 3.23. The van der Waals surface area contributed by atoms with Crippen LogP contribution < -0.4 is 4.74 Å². The molecule has 2 aromatic rings. The lowest BCUT2D eigenvalue weighted by Crippen LogP contribution is -2.62. The Morgan fingerprint density at radius 3 is 2.39 bits per heavy atom. The van der Waals surface area contributed by atoms with E-state index in [9.17, 15) is 20.3 Å². The Balaban J connectivity index is 1.43. The van der Waals surface area contributed by atoms with Crippen molar-refractivity contribution < 1.29 is 34.1 Å². The fourth-order valence-corrected chi connectivity index (χ4v) is 3.23. The number of fused-ring (bicyclic) bond motifs is 1. The van der Waals surface area contributed by atoms with Gasteiger partial charge in [0.2, 0.25) is 6.29 Å². The van der Waals surface area contributed by atoms with Crippen LogP contribution in [0.25, 0.3) is 0 Å². The van der Waals surface area contributed by atoms with Crippen LogP contribution in [0.3, 0.4) is 0 Å². The van der Waals surface area contributed by atoms with Crippen molar-refractivity contribution >= 4 is 5.69 Å². The van der Waals surface area contributed by atoms with E-state index >= 15 is 0 Å². The second kappa shape index (κ2) is 7.82. The summed E-state index contributed by atoms with van der Waals surface area (Å²) >= 11 is 0. The van der Waals surface area contributed by atoms with E-state index in [2.05, 4.69) is 0 Å². The zero-order valence-corrected chi connectivity index (χ0v) is 14.7. The lowest BCUT2D eigenvalue weighted by Gasteiger charge is -2.46. The molecule has 1 unspecified atom stereocenters. The molecule has 2 heterocycles. The van der Waals surface area contributed by atoms with Gasteiger partial charge in [-0.2, -0.15) is 0 Å². The van der Waals surface area contributed by atoms with Crippen molar-refractivity contribution in [3.8, 4) is 5.75 Å². The normalized spacial score (nSPS) is 32.4. The Kier molecular flexibility index (Phi) is 5.25. The topological polar surface area (TPSA) is 121 Å². The monoisotopic (exact) mass is 389 g/mol. The Hall–Kier alpha value is -2.56. The van der Waals surface area contributed by atoms with Crippen molar-refractivity contribution in [1.29, 1.82) is 0 Å². The number of nitro benzene ring substituents is 1. The first-order valence-corrected chi connectivity index (χ1v) is 8.77. The van der Waals surface area contributed by atoms with Crippen molar-refractivity contribution in [2.24, 2.45) is 0 Å². The van der Waals surface area contributed by atoms with E-state index in [0.717, 1.165) is 5.56 Å². The standard InChI is InChI=1S/C19H19NO8/c21-15-16(22)19(26-13-8-6-12(7-9-13)20(23)24)27-14-10-25-18(28-17(14)15)11-4-2-1-3-5-11/h1-9,14-19,21-22H,10H2/t14-,15-,16-,17-,18?,19+/m1/s1. The number of aliphatic hydroxyl groups excluding tert-OH is 2. The minimum Gasteiger partial charge on any atom is -0.462 e. The molecule has 6 atom stereocenters. The van der Waals surface area contributed by atoms with E-state index < -0.39 is 41.9 Å². The van der Waals surface area contributed by atoms with Crippen LogP contribution in [0, 0.1) is 10.1 Å². The van der Waals surface area contributed by atoms with Crippen molar-refractivity contribution in [2.45, 2.75) is 37.0 Å². The van der Waals surface area contributed by atoms with Gasteiger partial charge in [0.05, 0.1) is 11.5 Å². The van der Waals surface area contributed by atoms with E-state index in [1.54, 1.807) is 0 Å². The molecule has 4 rings (SSSR count). The van der Waals surface area contributed by atoms with Crippen LogP contribution in [0.15, 0.2) is 54.6 Å². The molecule has 28 heavy (non-hydrogen) atoms. The van der Waals surface area contributed by atoms with Gasteiger partial charge in [-0.15, -0.1) is 0 Å². The quantitative estimate of drug-likeness (QED) is 0.597. The molecule has 0 amide bonds. The number of non-ortho nitro benzene ring substituents is 1. The van der Waals surface area contributed by atoms with Gasteiger partial charge in [-0.1, -0.05) is 30.3 Å². The second-order valence-corrected chi connectivity index (χ2v) is 6.57. The molecule has 0 saturated carbocycles. The second-order valence-electron chi connectivity index (χ2n) is 6.57. The highest BCUT2D eigenvalue weighted by Gasteiger charge is 2.49. The third-order valence-corrected chi connectivity index (χ3v) is 4.70. The maximum atomic E-state index is 10.7. The zero-order valence-electron chi connectivity index (χ0n) is 14.7. The highest BCUT2D eigenvalue weighted by Crippen LogP contribution is 2.34. The van der Waals surface area contributed by atoms with E-state index in [-0.39, 0.29) is 18.0 Å². The summed E-state index contributed by atoms with van der Waals surface area (Å²) in [5.41, 5.74) is 0.713. The summed E-state index contributed by atoms with van der Waals surface area (Å²) in [7, 11) is 0. The number of aliphatic hydroxyl groups is 2. The summed E-state index contributed by atoms with van der Waals surface area (Å²) in [6.07, 6.45) is -5.88. The zero-order chi connectivity index (χ0) is 19.7. The molecule has 148 valence electrons. The maximum absolute atomic E-state index is 10.7. The van der Waals surface area contributed by atoms with Crippen molar-refractivity contribution in [3.63, 3.8) is 0 Å². The van der Waals surface area contributed by atoms with Gasteiger partial charge in [-0.3, -0.25) is 10.1 Å². The predicted molar refractivity (Wildman–Crippen MR) is 94.4 cm³/mol. The van der Waals surface area contributed by atoms with Gasteiger partial charge < -0.3 is 29.2 Å². The molecule has 0 bridgehead atoms. The molecule has 9 nitrogen and oxygen atoms in total. The molecule has 0 aliphatic carbocycles. The molecule has 2 aliphatic rings. The number of hydrogen-bond acceptors (Lipinski definition) is 8. The Labute approximate surface area is 160 Å². The van der Waals surface area contributed by atoms with E-state index in [4.69, 9.17) is 18.9 Å². The minimum atomic E-state index is -1.37. The number of ether oxygens (including phenoxy) is 4. The van der Waals surface area contributed by atoms with Crippen LogP contribution in [0.5, 0.6) is 5.75 Å². The highest BCUT2D eigenvalue weighted by atomic mass is 16.8. The number of nitrogens with zero attached hydrogens (tertiary/aromatic N) is 1. The molecule has 2 aromatic carbocycles. The summed E-state index contributed by atoms with van der Waals surface area (Å²) in [4.78, 5) is 10.2. The molecule has 2 N–H and O–H groups in total. The van der Waals surface area contributed by atoms with Crippen LogP contribution in [0.2, 0.25) is 0 Å². The average Bonchev–Trinajstić information content (AvgIpc) is 2.72. The van der Waals surface area contributed by atoms with Crippen LogP contribution in [0.1, 0.15) is 11.9 Å². The summed E-state index contributed by atoms with van der Waals surface area (Å²) in [6, 6.07) is 14.6. The minimum absolute atomic E-state index is 0.0846. The first kappa shape index (κ1) is 18.8. The Bertz CT molecular complexity index is 812. The highest BCUT2D eigenvalue weighted by molar-refractivity contribution is 5.36. The van der Waals surface area contributed by atoms with Crippen molar-refractivity contribution in [2.75, 3.05) is 6.61 Å². The first-order valence-electron chi connectivity index (χ1n) is 8.77. The van der Waals surface area contributed by atoms with E-state index in [0.29, 0.717) is 0 Å².